The number of fused-ring (bicyclic) bond motifs is 1. The van der Waals surface area contributed by atoms with Crippen LogP contribution in [-0.4, -0.2) is 55.0 Å². The summed E-state index contributed by atoms with van der Waals surface area (Å²) in [5.41, 5.74) is 0.836. The summed E-state index contributed by atoms with van der Waals surface area (Å²) in [6, 6.07) is 9.72. The van der Waals surface area contributed by atoms with E-state index in [0.29, 0.717) is 11.0 Å². The zero-order valence-corrected chi connectivity index (χ0v) is 11.7. The molecule has 0 fully saturated rings. The van der Waals surface area contributed by atoms with Crippen LogP contribution in [0.25, 0.3) is 10.9 Å². The van der Waals surface area contributed by atoms with Crippen molar-refractivity contribution in [1.82, 2.24) is 4.98 Å². The summed E-state index contributed by atoms with van der Waals surface area (Å²) in [7, 11) is 6.13. The molecule has 0 saturated carbocycles. The minimum Gasteiger partial charge on any atom is -0.488 e. The highest BCUT2D eigenvalue weighted by molar-refractivity contribution is 5.84. The number of rotatable bonds is 5. The van der Waals surface area contributed by atoms with Gasteiger partial charge < -0.3 is 14.3 Å². The van der Waals surface area contributed by atoms with Crippen LogP contribution in [-0.2, 0) is 0 Å². The van der Waals surface area contributed by atoms with Crippen molar-refractivity contribution in [2.45, 2.75) is 6.10 Å². The first-order valence-corrected chi connectivity index (χ1v) is 6.41. The van der Waals surface area contributed by atoms with Gasteiger partial charge in [-0.25, -0.2) is 0 Å². The van der Waals surface area contributed by atoms with E-state index >= 15 is 0 Å². The van der Waals surface area contributed by atoms with E-state index in [-0.39, 0.29) is 6.61 Å². The fourth-order valence-corrected chi connectivity index (χ4v) is 2.06. The number of benzene rings is 1. The summed E-state index contributed by atoms with van der Waals surface area (Å²) < 4.78 is 6.41. The summed E-state index contributed by atoms with van der Waals surface area (Å²) in [5.74, 6) is 0.721. The predicted octanol–water partition coefficient (Wildman–Crippen LogP) is 1.68. The number of hydrogen-bond donors (Lipinski definition) is 1. The first kappa shape index (κ1) is 13.8. The van der Waals surface area contributed by atoms with Crippen molar-refractivity contribution in [2.75, 3.05) is 34.3 Å². The van der Waals surface area contributed by atoms with Crippen LogP contribution < -0.4 is 4.74 Å². The largest absolute Gasteiger partial charge is 0.488 e. The SMILES string of the molecule is C[N+](C)(C)CC(O)COc1cccc2cccnc12. The molecule has 0 aliphatic heterocycles. The lowest BCUT2D eigenvalue weighted by molar-refractivity contribution is -0.873. The summed E-state index contributed by atoms with van der Waals surface area (Å²) in [6.07, 6.45) is 1.26. The number of ether oxygens (including phenoxy) is 1. The van der Waals surface area contributed by atoms with Gasteiger partial charge in [0.2, 0.25) is 0 Å². The highest BCUT2D eigenvalue weighted by Gasteiger charge is 2.16. The summed E-state index contributed by atoms with van der Waals surface area (Å²) in [6.45, 7) is 0.934. The van der Waals surface area contributed by atoms with Crippen molar-refractivity contribution < 1.29 is 14.3 Å². The Morgan fingerprint density at radius 2 is 1.95 bits per heavy atom. The van der Waals surface area contributed by atoms with Crippen LogP contribution in [0.15, 0.2) is 36.5 Å². The van der Waals surface area contributed by atoms with E-state index in [2.05, 4.69) is 4.98 Å². The van der Waals surface area contributed by atoms with Crippen molar-refractivity contribution in [1.29, 1.82) is 0 Å². The predicted molar refractivity (Wildman–Crippen MR) is 76.1 cm³/mol. The lowest BCUT2D eigenvalue weighted by Gasteiger charge is -2.26. The Labute approximate surface area is 113 Å². The molecule has 0 amide bonds. The molecule has 0 aliphatic carbocycles. The first-order chi connectivity index (χ1) is 8.96. The van der Waals surface area contributed by atoms with Crippen molar-refractivity contribution in [2.24, 2.45) is 0 Å². The Morgan fingerprint density at radius 1 is 1.21 bits per heavy atom. The van der Waals surface area contributed by atoms with Crippen LogP contribution in [0.3, 0.4) is 0 Å². The number of nitrogens with zero attached hydrogens (tertiary/aromatic N) is 2. The third-order valence-electron chi connectivity index (χ3n) is 2.79. The van der Waals surface area contributed by atoms with Gasteiger partial charge in [0.05, 0.1) is 21.1 Å². The summed E-state index contributed by atoms with van der Waals surface area (Å²) >= 11 is 0. The normalized spacial score (nSPS) is 13.5. The Morgan fingerprint density at radius 3 is 2.68 bits per heavy atom. The molecule has 1 N–H and O–H groups in total. The molecule has 4 heteroatoms. The lowest BCUT2D eigenvalue weighted by atomic mass is 10.2. The Bertz CT molecular complexity index is 544. The molecule has 19 heavy (non-hydrogen) atoms. The minimum atomic E-state index is -0.487. The van der Waals surface area contributed by atoms with E-state index in [1.54, 1.807) is 6.20 Å². The van der Waals surface area contributed by atoms with E-state index in [0.717, 1.165) is 16.7 Å². The molecule has 0 radical (unpaired) electrons. The summed E-state index contributed by atoms with van der Waals surface area (Å²) in [5, 5.41) is 11.0. The van der Waals surface area contributed by atoms with Gasteiger partial charge >= 0.3 is 0 Å². The average Bonchev–Trinajstić information content (AvgIpc) is 2.34. The molecule has 1 unspecified atom stereocenters. The molecule has 0 saturated heterocycles. The first-order valence-electron chi connectivity index (χ1n) is 6.41. The number of aliphatic hydroxyl groups excluding tert-OH is 1. The number of pyridine rings is 1. The Hall–Kier alpha value is -1.65. The highest BCUT2D eigenvalue weighted by Crippen LogP contribution is 2.22. The molecule has 1 atom stereocenters. The molecule has 0 bridgehead atoms. The molecule has 2 rings (SSSR count). The molecule has 0 spiro atoms. The van der Waals surface area contributed by atoms with Crippen LogP contribution >= 0.6 is 0 Å². The van der Waals surface area contributed by atoms with Crippen LogP contribution in [0.1, 0.15) is 0 Å². The van der Waals surface area contributed by atoms with Crippen LogP contribution in [0, 0.1) is 0 Å². The molecular weight excluding hydrogens is 240 g/mol. The Kier molecular flexibility index (Phi) is 4.02. The second-order valence-electron chi connectivity index (χ2n) is 5.77. The molecule has 2 aromatic rings. The van der Waals surface area contributed by atoms with Gasteiger partial charge in [-0.1, -0.05) is 18.2 Å². The molecule has 102 valence electrons. The van der Waals surface area contributed by atoms with Gasteiger partial charge in [0.1, 0.15) is 30.5 Å². The number of hydrogen-bond acceptors (Lipinski definition) is 3. The van der Waals surface area contributed by atoms with E-state index in [1.807, 2.05) is 51.5 Å². The highest BCUT2D eigenvalue weighted by atomic mass is 16.5. The third kappa shape index (κ3) is 3.91. The molecular formula is C15H21N2O2+. The smallest absolute Gasteiger partial charge is 0.145 e. The van der Waals surface area contributed by atoms with Crippen LogP contribution in [0.5, 0.6) is 5.75 Å². The van der Waals surface area contributed by atoms with Crippen molar-refractivity contribution >= 4 is 10.9 Å². The van der Waals surface area contributed by atoms with E-state index in [9.17, 15) is 5.11 Å². The number of para-hydroxylation sites is 1. The quantitative estimate of drug-likeness (QED) is 0.833. The van der Waals surface area contributed by atoms with Gasteiger partial charge in [-0.2, -0.15) is 0 Å². The number of quaternary nitrogens is 1. The van der Waals surface area contributed by atoms with Gasteiger partial charge in [0, 0.05) is 11.6 Å². The maximum Gasteiger partial charge on any atom is 0.145 e. The van der Waals surface area contributed by atoms with Crippen molar-refractivity contribution in [3.63, 3.8) is 0 Å². The van der Waals surface area contributed by atoms with E-state index < -0.39 is 6.10 Å². The fourth-order valence-electron chi connectivity index (χ4n) is 2.06. The lowest BCUT2D eigenvalue weighted by Crippen LogP contribution is -2.43. The molecule has 4 nitrogen and oxygen atoms in total. The van der Waals surface area contributed by atoms with Gasteiger partial charge in [-0.15, -0.1) is 0 Å². The minimum absolute atomic E-state index is 0.283. The standard InChI is InChI=1S/C15H21N2O2/c1-17(2,3)10-13(18)11-19-14-8-4-6-12-7-5-9-16-15(12)14/h4-9,13,18H,10-11H2,1-3H3/q+1. The van der Waals surface area contributed by atoms with Crippen molar-refractivity contribution in [3.05, 3.63) is 36.5 Å². The zero-order valence-electron chi connectivity index (χ0n) is 11.7. The number of likely N-dealkylation sites (N-methyl/N-ethyl adjacent to an activating group) is 1. The van der Waals surface area contributed by atoms with Crippen molar-refractivity contribution in [3.8, 4) is 5.75 Å². The monoisotopic (exact) mass is 261 g/mol. The topological polar surface area (TPSA) is 42.4 Å². The van der Waals surface area contributed by atoms with Gasteiger partial charge in [0.25, 0.3) is 0 Å². The average molecular weight is 261 g/mol. The third-order valence-corrected chi connectivity index (χ3v) is 2.79. The molecule has 1 aromatic heterocycles. The van der Waals surface area contributed by atoms with E-state index in [4.69, 9.17) is 4.74 Å². The number of aromatic nitrogens is 1. The molecule has 1 aromatic carbocycles. The number of aliphatic hydroxyl groups is 1. The maximum absolute atomic E-state index is 9.96. The second-order valence-corrected chi connectivity index (χ2v) is 5.77. The molecule has 0 aliphatic rings. The van der Waals surface area contributed by atoms with Gasteiger partial charge in [-0.3, -0.25) is 4.98 Å². The maximum atomic E-state index is 9.96. The summed E-state index contributed by atoms with van der Waals surface area (Å²) in [4.78, 5) is 4.32. The second kappa shape index (κ2) is 5.55. The molecule has 1 heterocycles. The van der Waals surface area contributed by atoms with E-state index in [1.165, 1.54) is 0 Å². The van der Waals surface area contributed by atoms with Gasteiger partial charge in [0.15, 0.2) is 0 Å². The Balaban J connectivity index is 2.06. The van der Waals surface area contributed by atoms with Gasteiger partial charge in [-0.05, 0) is 12.1 Å². The zero-order chi connectivity index (χ0) is 13.9. The van der Waals surface area contributed by atoms with Crippen LogP contribution in [0.4, 0.5) is 0 Å². The van der Waals surface area contributed by atoms with Crippen LogP contribution in [0.2, 0.25) is 0 Å². The fraction of sp³-hybridized carbons (Fsp3) is 0.400.